The molecule has 2 aromatic heterocycles. The Morgan fingerprint density at radius 1 is 1.11 bits per heavy atom. The van der Waals surface area contributed by atoms with E-state index in [4.69, 9.17) is 4.74 Å². The van der Waals surface area contributed by atoms with Crippen LogP contribution in [0.25, 0.3) is 22.8 Å². The van der Waals surface area contributed by atoms with Crippen molar-refractivity contribution in [1.29, 1.82) is 0 Å². The van der Waals surface area contributed by atoms with Gasteiger partial charge in [-0.05, 0) is 55.7 Å². The first-order valence-electron chi connectivity index (χ1n) is 11.2. The van der Waals surface area contributed by atoms with Crippen LogP contribution in [-0.4, -0.2) is 38.5 Å². The van der Waals surface area contributed by atoms with Crippen LogP contribution < -0.4 is 5.32 Å². The molecule has 2 N–H and O–H groups in total. The number of nitrogens with zero attached hydrogens (tertiary/aromatic N) is 3. The van der Waals surface area contributed by atoms with E-state index < -0.39 is 35.2 Å². The Morgan fingerprint density at radius 3 is 2.53 bits per heavy atom. The van der Waals surface area contributed by atoms with Gasteiger partial charge in [0.2, 0.25) is 0 Å². The van der Waals surface area contributed by atoms with Crippen LogP contribution in [0.5, 0.6) is 0 Å². The molecular weight excluding hydrogens is 475 g/mol. The van der Waals surface area contributed by atoms with E-state index in [1.807, 2.05) is 0 Å². The molecule has 36 heavy (non-hydrogen) atoms. The van der Waals surface area contributed by atoms with E-state index in [0.29, 0.717) is 30.6 Å². The summed E-state index contributed by atoms with van der Waals surface area (Å²) in [5.41, 5.74) is 0.356. The van der Waals surface area contributed by atoms with E-state index in [0.717, 1.165) is 31.0 Å². The van der Waals surface area contributed by atoms with Crippen LogP contribution in [-0.2, 0) is 4.74 Å². The van der Waals surface area contributed by atoms with Crippen LogP contribution in [0.2, 0.25) is 0 Å². The molecule has 1 aliphatic rings. The zero-order valence-corrected chi connectivity index (χ0v) is 18.8. The van der Waals surface area contributed by atoms with Crippen LogP contribution >= 0.6 is 0 Å². The second kappa shape index (κ2) is 9.78. The lowest BCUT2D eigenvalue weighted by Gasteiger charge is -2.22. The highest BCUT2D eigenvalue weighted by atomic mass is 19.1. The van der Waals surface area contributed by atoms with Crippen molar-refractivity contribution in [2.24, 2.45) is 0 Å². The Hall–Kier alpha value is -4.25. The number of nitrogens with one attached hydrogen (secondary N) is 2. The highest BCUT2D eigenvalue weighted by Crippen LogP contribution is 2.32. The standard InChI is InChI=1S/C25H20F3N5O3/c26-15-9-7-14(8-10-15)22-19(13-34)29-24(31-22)23-18(12-33(32-23)20-6-1-2-11-36-20)30-25(35)21-16(27)4-3-5-17(21)28/h3-5,7-10,12-13,20H,1-2,6,11H2,(H,29,31)(H,30,35). The number of hydrogen-bond donors (Lipinski definition) is 2. The van der Waals surface area contributed by atoms with Crippen molar-refractivity contribution in [1.82, 2.24) is 19.7 Å². The van der Waals surface area contributed by atoms with E-state index >= 15 is 0 Å². The molecule has 0 spiro atoms. The zero-order valence-electron chi connectivity index (χ0n) is 18.8. The molecule has 0 bridgehead atoms. The molecule has 1 saturated heterocycles. The molecule has 1 unspecified atom stereocenters. The van der Waals surface area contributed by atoms with Gasteiger partial charge in [-0.3, -0.25) is 9.59 Å². The predicted molar refractivity (Wildman–Crippen MR) is 124 cm³/mol. The summed E-state index contributed by atoms with van der Waals surface area (Å²) >= 11 is 0. The van der Waals surface area contributed by atoms with Crippen molar-refractivity contribution >= 4 is 17.9 Å². The van der Waals surface area contributed by atoms with E-state index in [1.165, 1.54) is 35.1 Å². The number of benzene rings is 2. The molecule has 0 aliphatic carbocycles. The average molecular weight is 495 g/mol. The number of aldehydes is 1. The van der Waals surface area contributed by atoms with Gasteiger partial charge in [0.15, 0.2) is 17.8 Å². The Morgan fingerprint density at radius 2 is 1.86 bits per heavy atom. The molecule has 8 nitrogen and oxygen atoms in total. The van der Waals surface area contributed by atoms with Crippen LogP contribution in [0.15, 0.2) is 48.7 Å². The normalized spacial score (nSPS) is 15.6. The van der Waals surface area contributed by atoms with Gasteiger partial charge >= 0.3 is 0 Å². The predicted octanol–water partition coefficient (Wildman–Crippen LogP) is 5.12. The lowest BCUT2D eigenvalue weighted by atomic mass is 10.1. The van der Waals surface area contributed by atoms with Crippen molar-refractivity contribution in [3.63, 3.8) is 0 Å². The number of H-pyrrole nitrogens is 1. The number of carbonyl (C=O) groups is 2. The third kappa shape index (κ3) is 4.52. The van der Waals surface area contributed by atoms with Crippen LogP contribution in [0.1, 0.15) is 46.3 Å². The fraction of sp³-hybridized carbons (Fsp3) is 0.200. The molecular formula is C25H20F3N5O3. The van der Waals surface area contributed by atoms with Crippen molar-refractivity contribution < 1.29 is 27.5 Å². The first-order chi connectivity index (χ1) is 17.4. The lowest BCUT2D eigenvalue weighted by molar-refractivity contribution is -0.0393. The third-order valence-electron chi connectivity index (χ3n) is 5.82. The molecule has 3 heterocycles. The molecule has 4 aromatic rings. The van der Waals surface area contributed by atoms with Gasteiger partial charge in [-0.1, -0.05) is 6.07 Å². The summed E-state index contributed by atoms with van der Waals surface area (Å²) in [7, 11) is 0. The van der Waals surface area contributed by atoms with Crippen molar-refractivity contribution in [2.45, 2.75) is 25.5 Å². The number of aromatic amines is 1. The average Bonchev–Trinajstić information content (AvgIpc) is 3.49. The van der Waals surface area contributed by atoms with Gasteiger partial charge in [0.25, 0.3) is 5.91 Å². The molecule has 11 heteroatoms. The van der Waals surface area contributed by atoms with E-state index in [1.54, 1.807) is 0 Å². The van der Waals surface area contributed by atoms with Gasteiger partial charge < -0.3 is 15.0 Å². The van der Waals surface area contributed by atoms with Gasteiger partial charge in [-0.15, -0.1) is 0 Å². The maximum atomic E-state index is 14.2. The minimum absolute atomic E-state index is 0.0394. The maximum absolute atomic E-state index is 14.2. The number of halogens is 3. The number of hydrogen-bond acceptors (Lipinski definition) is 5. The summed E-state index contributed by atoms with van der Waals surface area (Å²) in [5.74, 6) is -3.37. The molecule has 5 rings (SSSR count). The number of ether oxygens (including phenoxy) is 1. The van der Waals surface area contributed by atoms with Crippen LogP contribution in [0.4, 0.5) is 18.9 Å². The quantitative estimate of drug-likeness (QED) is 0.362. The fourth-order valence-electron chi connectivity index (χ4n) is 4.06. The van der Waals surface area contributed by atoms with Crippen molar-refractivity contribution in [3.8, 4) is 22.8 Å². The minimum Gasteiger partial charge on any atom is -0.357 e. The van der Waals surface area contributed by atoms with Crippen LogP contribution in [0.3, 0.4) is 0 Å². The Kier molecular flexibility index (Phi) is 6.38. The highest BCUT2D eigenvalue weighted by molar-refractivity contribution is 6.06. The molecule has 2 aromatic carbocycles. The molecule has 1 amide bonds. The summed E-state index contributed by atoms with van der Waals surface area (Å²) < 4.78 is 49.1. The van der Waals surface area contributed by atoms with Gasteiger partial charge in [-0.2, -0.15) is 5.10 Å². The Bertz CT molecular complexity index is 1410. The maximum Gasteiger partial charge on any atom is 0.261 e. The van der Waals surface area contributed by atoms with Gasteiger partial charge in [-0.25, -0.2) is 22.8 Å². The second-order valence-electron chi connectivity index (χ2n) is 8.21. The van der Waals surface area contributed by atoms with Gasteiger partial charge in [0.05, 0.1) is 17.6 Å². The number of aromatic nitrogens is 4. The first kappa shape index (κ1) is 23.5. The summed E-state index contributed by atoms with van der Waals surface area (Å²) in [6, 6.07) is 8.58. The molecule has 0 saturated carbocycles. The SMILES string of the molecule is O=Cc1nc(-c2nn(C3CCCCO3)cc2NC(=O)c2c(F)cccc2F)[nH]c1-c1ccc(F)cc1. The summed E-state index contributed by atoms with van der Waals surface area (Å²) in [5, 5.41) is 7.02. The largest absolute Gasteiger partial charge is 0.357 e. The third-order valence-corrected chi connectivity index (χ3v) is 5.82. The van der Waals surface area contributed by atoms with Crippen molar-refractivity contribution in [2.75, 3.05) is 11.9 Å². The number of imidazole rings is 1. The Labute approximate surface area is 203 Å². The van der Waals surface area contributed by atoms with Crippen LogP contribution in [0, 0.1) is 17.5 Å². The van der Waals surface area contributed by atoms with Gasteiger partial charge in [0.1, 0.15) is 34.9 Å². The highest BCUT2D eigenvalue weighted by Gasteiger charge is 2.25. The Balaban J connectivity index is 1.57. The lowest BCUT2D eigenvalue weighted by Crippen LogP contribution is -2.18. The molecule has 1 aliphatic heterocycles. The van der Waals surface area contributed by atoms with E-state index in [-0.39, 0.29) is 22.9 Å². The molecule has 1 atom stereocenters. The zero-order chi connectivity index (χ0) is 25.2. The molecule has 0 radical (unpaired) electrons. The minimum atomic E-state index is -1.02. The fourth-order valence-corrected chi connectivity index (χ4v) is 4.06. The smallest absolute Gasteiger partial charge is 0.261 e. The summed E-state index contributed by atoms with van der Waals surface area (Å²) in [6.07, 6.45) is 4.10. The molecule has 184 valence electrons. The van der Waals surface area contributed by atoms with Crippen molar-refractivity contribution in [3.05, 3.63) is 77.4 Å². The summed E-state index contributed by atoms with van der Waals surface area (Å²) in [6.45, 7) is 0.534. The van der Waals surface area contributed by atoms with E-state index in [2.05, 4.69) is 20.4 Å². The van der Waals surface area contributed by atoms with E-state index in [9.17, 15) is 22.8 Å². The topological polar surface area (TPSA) is 102 Å². The summed E-state index contributed by atoms with van der Waals surface area (Å²) in [4.78, 5) is 31.9. The number of anilines is 1. The number of amides is 1. The number of rotatable bonds is 6. The number of carbonyl (C=O) groups excluding carboxylic acids is 2. The first-order valence-corrected chi connectivity index (χ1v) is 11.2. The second-order valence-corrected chi connectivity index (χ2v) is 8.21. The van der Waals surface area contributed by atoms with Gasteiger partial charge in [0, 0.05) is 12.2 Å². The molecule has 1 fully saturated rings. The monoisotopic (exact) mass is 495 g/mol.